The van der Waals surface area contributed by atoms with Gasteiger partial charge in [-0.25, -0.2) is 0 Å². The van der Waals surface area contributed by atoms with Crippen LogP contribution in [0.2, 0.25) is 0 Å². The number of hydrogen-bond acceptors (Lipinski definition) is 3. The molecule has 0 atom stereocenters. The van der Waals surface area contributed by atoms with Gasteiger partial charge in [-0.05, 0) is 59.7 Å². The molecule has 0 aromatic heterocycles. The fourth-order valence-electron chi connectivity index (χ4n) is 1.42. The molecule has 0 aliphatic heterocycles. The minimum Gasteiger partial charge on any atom is -0.466 e. The van der Waals surface area contributed by atoms with Crippen molar-refractivity contribution >= 4 is 28.6 Å². The number of nitriles is 1. The zero-order valence-electron chi connectivity index (χ0n) is 9.21. The topological polar surface area (TPSA) is 50.1 Å². The zero-order chi connectivity index (χ0) is 12.1. The number of rotatable bonds is 3. The summed E-state index contributed by atoms with van der Waals surface area (Å²) in [5.41, 5.74) is 2.52. The summed E-state index contributed by atoms with van der Waals surface area (Å²) < 4.78 is 5.84. The smallest absolute Gasteiger partial charge is 0.310 e. The van der Waals surface area contributed by atoms with Crippen LogP contribution in [0.4, 0.5) is 0 Å². The number of ether oxygens (including phenoxy) is 1. The number of benzene rings is 1. The summed E-state index contributed by atoms with van der Waals surface area (Å²) in [6.07, 6.45) is 0.268. The normalized spacial score (nSPS) is 9.62. The van der Waals surface area contributed by atoms with Crippen molar-refractivity contribution in [2.45, 2.75) is 20.3 Å². The number of carbonyl (C=O) groups excluding carboxylic acids is 1. The van der Waals surface area contributed by atoms with Crippen molar-refractivity contribution in [2.24, 2.45) is 0 Å². The van der Waals surface area contributed by atoms with E-state index in [2.05, 4.69) is 28.7 Å². The van der Waals surface area contributed by atoms with Crippen molar-refractivity contribution in [1.82, 2.24) is 0 Å². The van der Waals surface area contributed by atoms with E-state index in [1.807, 2.05) is 6.92 Å². The maximum absolute atomic E-state index is 11.4. The highest BCUT2D eigenvalue weighted by Crippen LogP contribution is 2.20. The lowest BCUT2D eigenvalue weighted by Crippen LogP contribution is -2.10. The van der Waals surface area contributed by atoms with Crippen molar-refractivity contribution in [3.8, 4) is 6.07 Å². The number of carbonyl (C=O) groups is 1. The van der Waals surface area contributed by atoms with E-state index in [-0.39, 0.29) is 12.4 Å². The molecular weight excluding hydrogens is 317 g/mol. The largest absolute Gasteiger partial charge is 0.466 e. The van der Waals surface area contributed by atoms with Crippen molar-refractivity contribution in [3.63, 3.8) is 0 Å². The number of esters is 1. The van der Waals surface area contributed by atoms with Crippen LogP contribution in [-0.2, 0) is 16.0 Å². The van der Waals surface area contributed by atoms with Gasteiger partial charge in [0.2, 0.25) is 0 Å². The van der Waals surface area contributed by atoms with Crippen LogP contribution < -0.4 is 0 Å². The van der Waals surface area contributed by atoms with Crippen LogP contribution in [-0.4, -0.2) is 12.6 Å². The van der Waals surface area contributed by atoms with Crippen LogP contribution in [0.3, 0.4) is 0 Å². The summed E-state index contributed by atoms with van der Waals surface area (Å²) in [7, 11) is 0. The first kappa shape index (κ1) is 13.0. The number of halogens is 1. The standard InChI is InChI=1S/C12H12INO2/c1-3-16-12(15)6-10-8(2)4-9(7-14)5-11(10)13/h4-5H,3,6H2,1-2H3. The minimum atomic E-state index is -0.228. The lowest BCUT2D eigenvalue weighted by molar-refractivity contribution is -0.142. The first-order valence-electron chi connectivity index (χ1n) is 4.93. The van der Waals surface area contributed by atoms with Crippen LogP contribution in [0.1, 0.15) is 23.6 Å². The van der Waals surface area contributed by atoms with Gasteiger partial charge in [-0.15, -0.1) is 0 Å². The lowest BCUT2D eigenvalue weighted by atomic mass is 10.0. The Bertz CT molecular complexity index is 426. The van der Waals surface area contributed by atoms with E-state index in [4.69, 9.17) is 10.00 Å². The van der Waals surface area contributed by atoms with Crippen molar-refractivity contribution in [2.75, 3.05) is 6.61 Å². The molecule has 84 valence electrons. The van der Waals surface area contributed by atoms with Crippen LogP contribution in [0.15, 0.2) is 12.1 Å². The molecule has 0 aliphatic carbocycles. The summed E-state index contributed by atoms with van der Waals surface area (Å²) in [5, 5.41) is 8.80. The Morgan fingerprint density at radius 1 is 1.56 bits per heavy atom. The Hall–Kier alpha value is -1.09. The average molecular weight is 329 g/mol. The molecule has 0 N–H and O–H groups in total. The van der Waals surface area contributed by atoms with Gasteiger partial charge >= 0.3 is 5.97 Å². The third kappa shape index (κ3) is 3.20. The molecule has 0 saturated heterocycles. The zero-order valence-corrected chi connectivity index (χ0v) is 11.4. The van der Waals surface area contributed by atoms with Gasteiger partial charge in [-0.2, -0.15) is 5.26 Å². The molecule has 3 nitrogen and oxygen atoms in total. The lowest BCUT2D eigenvalue weighted by Gasteiger charge is -2.08. The average Bonchev–Trinajstić information content (AvgIpc) is 2.23. The van der Waals surface area contributed by atoms with E-state index in [0.717, 1.165) is 14.7 Å². The van der Waals surface area contributed by atoms with Crippen molar-refractivity contribution < 1.29 is 9.53 Å². The highest BCUT2D eigenvalue weighted by atomic mass is 127. The third-order valence-corrected chi connectivity index (χ3v) is 3.14. The SMILES string of the molecule is CCOC(=O)Cc1c(C)cc(C#N)cc1I. The highest BCUT2D eigenvalue weighted by Gasteiger charge is 2.11. The van der Waals surface area contributed by atoms with E-state index in [9.17, 15) is 4.79 Å². The first-order chi connectivity index (χ1) is 7.58. The van der Waals surface area contributed by atoms with Gasteiger partial charge in [0.1, 0.15) is 0 Å². The van der Waals surface area contributed by atoms with Gasteiger partial charge in [-0.3, -0.25) is 4.79 Å². The highest BCUT2D eigenvalue weighted by molar-refractivity contribution is 14.1. The van der Waals surface area contributed by atoms with Gasteiger partial charge in [0, 0.05) is 3.57 Å². The summed E-state index contributed by atoms with van der Waals surface area (Å²) in [5.74, 6) is -0.228. The molecule has 0 heterocycles. The second kappa shape index (κ2) is 5.85. The summed E-state index contributed by atoms with van der Waals surface area (Å²) >= 11 is 2.14. The van der Waals surface area contributed by atoms with Crippen molar-refractivity contribution in [3.05, 3.63) is 32.4 Å². The maximum Gasteiger partial charge on any atom is 0.310 e. The van der Waals surface area contributed by atoms with E-state index in [1.165, 1.54) is 0 Å². The predicted molar refractivity (Wildman–Crippen MR) is 68.9 cm³/mol. The molecule has 1 rings (SSSR count). The van der Waals surface area contributed by atoms with Crippen LogP contribution >= 0.6 is 22.6 Å². The van der Waals surface area contributed by atoms with Crippen LogP contribution in [0, 0.1) is 21.8 Å². The van der Waals surface area contributed by atoms with Gasteiger partial charge < -0.3 is 4.74 Å². The van der Waals surface area contributed by atoms with Gasteiger partial charge in [0.25, 0.3) is 0 Å². The third-order valence-electron chi connectivity index (χ3n) is 2.17. The molecule has 0 fully saturated rings. The number of aryl methyl sites for hydroxylation is 1. The molecular formula is C12H12INO2. The molecule has 0 radical (unpaired) electrons. The molecule has 4 heteroatoms. The molecule has 0 saturated carbocycles. The van der Waals surface area contributed by atoms with E-state index >= 15 is 0 Å². The minimum absolute atomic E-state index is 0.228. The monoisotopic (exact) mass is 329 g/mol. The molecule has 1 aromatic rings. The molecule has 0 aliphatic rings. The molecule has 16 heavy (non-hydrogen) atoms. The first-order valence-corrected chi connectivity index (χ1v) is 6.01. The van der Waals surface area contributed by atoms with E-state index in [1.54, 1.807) is 19.1 Å². The van der Waals surface area contributed by atoms with Crippen molar-refractivity contribution in [1.29, 1.82) is 5.26 Å². The maximum atomic E-state index is 11.4. The number of nitrogens with zero attached hydrogens (tertiary/aromatic N) is 1. The number of hydrogen-bond donors (Lipinski definition) is 0. The second-order valence-electron chi connectivity index (χ2n) is 3.35. The van der Waals surface area contributed by atoms with Gasteiger partial charge in [0.15, 0.2) is 0 Å². The summed E-state index contributed by atoms with van der Waals surface area (Å²) in [4.78, 5) is 11.4. The Kier molecular flexibility index (Phi) is 4.74. The Morgan fingerprint density at radius 3 is 2.75 bits per heavy atom. The van der Waals surface area contributed by atoms with Crippen LogP contribution in [0.5, 0.6) is 0 Å². The predicted octanol–water partition coefficient (Wildman–Crippen LogP) is 2.58. The summed E-state index contributed by atoms with van der Waals surface area (Å²) in [6.45, 7) is 4.08. The van der Waals surface area contributed by atoms with Gasteiger partial charge in [0.05, 0.1) is 24.7 Å². The van der Waals surface area contributed by atoms with E-state index in [0.29, 0.717) is 12.2 Å². The molecule has 0 bridgehead atoms. The quantitative estimate of drug-likeness (QED) is 0.633. The van der Waals surface area contributed by atoms with E-state index < -0.39 is 0 Å². The van der Waals surface area contributed by atoms with Crippen LogP contribution in [0.25, 0.3) is 0 Å². The Morgan fingerprint density at radius 2 is 2.25 bits per heavy atom. The molecule has 0 spiro atoms. The Balaban J connectivity index is 2.98. The molecule has 1 aromatic carbocycles. The molecule has 0 unspecified atom stereocenters. The van der Waals surface area contributed by atoms with Gasteiger partial charge in [-0.1, -0.05) is 0 Å². The Labute approximate surface area is 109 Å². The molecule has 0 amide bonds. The fourth-order valence-corrected chi connectivity index (χ4v) is 2.37. The fraction of sp³-hybridized carbons (Fsp3) is 0.333. The second-order valence-corrected chi connectivity index (χ2v) is 4.51. The summed E-state index contributed by atoms with van der Waals surface area (Å²) in [6, 6.07) is 5.66.